The van der Waals surface area contributed by atoms with E-state index >= 15 is 0 Å². The average molecular weight is 340 g/mol. The Bertz CT molecular complexity index is 816. The normalized spacial score (nSPS) is 19.5. The molecule has 0 aliphatic carbocycles. The number of carbonyl (C=O) groups excluding carboxylic acids is 1. The molecule has 0 saturated heterocycles. The largest absolute Gasteiger partial charge is 0.512 e. The minimum atomic E-state index is -0.249. The number of carbonyl (C=O) groups is 1. The summed E-state index contributed by atoms with van der Waals surface area (Å²) >= 11 is 5.98. The summed E-state index contributed by atoms with van der Waals surface area (Å²) in [5, 5.41) is 10.5. The van der Waals surface area contributed by atoms with Gasteiger partial charge in [-0.2, -0.15) is 0 Å². The highest BCUT2D eigenvalue weighted by atomic mass is 35.5. The molecule has 0 radical (unpaired) electrons. The number of hydrogen-bond donors (Lipinski definition) is 1. The molecule has 0 aromatic heterocycles. The smallest absolute Gasteiger partial charge is 0.262 e. The topological polar surface area (TPSA) is 40.5 Å². The van der Waals surface area contributed by atoms with Crippen molar-refractivity contribution in [2.75, 3.05) is 4.90 Å². The highest BCUT2D eigenvalue weighted by Crippen LogP contribution is 2.34. The molecule has 24 heavy (non-hydrogen) atoms. The lowest BCUT2D eigenvalue weighted by Crippen LogP contribution is -2.37. The number of benzene rings is 2. The number of rotatable bonds is 2. The summed E-state index contributed by atoms with van der Waals surface area (Å²) < 4.78 is 0. The molecule has 1 unspecified atom stereocenters. The van der Waals surface area contributed by atoms with Gasteiger partial charge in [-0.15, -0.1) is 0 Å². The van der Waals surface area contributed by atoms with Crippen LogP contribution in [0.2, 0.25) is 5.02 Å². The molecular formula is C20H18ClNO2. The third-order valence-electron chi connectivity index (χ3n) is 4.09. The molecule has 1 atom stereocenters. The van der Waals surface area contributed by atoms with E-state index in [1.807, 2.05) is 61.5 Å². The van der Waals surface area contributed by atoms with Gasteiger partial charge >= 0.3 is 0 Å². The van der Waals surface area contributed by atoms with Crippen LogP contribution >= 0.6 is 11.6 Å². The van der Waals surface area contributed by atoms with Gasteiger partial charge in [-0.1, -0.05) is 47.5 Å². The Morgan fingerprint density at radius 2 is 1.71 bits per heavy atom. The summed E-state index contributed by atoms with van der Waals surface area (Å²) in [6.45, 7) is 3.52. The van der Waals surface area contributed by atoms with Gasteiger partial charge in [0.15, 0.2) is 0 Å². The number of aliphatic hydroxyl groups excluding tert-OH is 1. The number of aliphatic hydroxyl groups is 1. The van der Waals surface area contributed by atoms with Gasteiger partial charge in [0, 0.05) is 10.7 Å². The first-order chi connectivity index (χ1) is 11.5. The van der Waals surface area contributed by atoms with Gasteiger partial charge in [0.1, 0.15) is 5.76 Å². The second-order valence-corrected chi connectivity index (χ2v) is 6.30. The van der Waals surface area contributed by atoms with E-state index in [0.29, 0.717) is 10.6 Å². The summed E-state index contributed by atoms with van der Waals surface area (Å²) in [5.41, 5.74) is 3.17. The minimum absolute atomic E-state index is 0.0166. The fourth-order valence-electron chi connectivity index (χ4n) is 2.78. The molecule has 0 fully saturated rings. The van der Waals surface area contributed by atoms with Crippen molar-refractivity contribution in [1.82, 2.24) is 0 Å². The number of nitrogens with zero attached hydrogens (tertiary/aromatic N) is 1. The summed E-state index contributed by atoms with van der Waals surface area (Å²) in [4.78, 5) is 14.6. The molecule has 2 aromatic carbocycles. The third kappa shape index (κ3) is 3.08. The maximum absolute atomic E-state index is 12.9. The van der Waals surface area contributed by atoms with E-state index in [9.17, 15) is 9.90 Å². The van der Waals surface area contributed by atoms with Crippen molar-refractivity contribution in [3.8, 4) is 0 Å². The Morgan fingerprint density at radius 3 is 2.29 bits per heavy atom. The van der Waals surface area contributed by atoms with Crippen molar-refractivity contribution in [3.63, 3.8) is 0 Å². The molecule has 0 saturated carbocycles. The molecule has 122 valence electrons. The van der Waals surface area contributed by atoms with E-state index in [2.05, 4.69) is 0 Å². The van der Waals surface area contributed by atoms with Gasteiger partial charge in [-0.05, 0) is 49.8 Å². The van der Waals surface area contributed by atoms with Crippen LogP contribution in [0.5, 0.6) is 0 Å². The van der Waals surface area contributed by atoms with Crippen molar-refractivity contribution >= 4 is 23.2 Å². The maximum atomic E-state index is 12.9. The SMILES string of the molecule is C/C(O)=C1\C=CC(c2ccc(Cl)cc2)N(c2ccc(C)cc2)C1=O. The van der Waals surface area contributed by atoms with Crippen molar-refractivity contribution in [3.05, 3.63) is 88.2 Å². The second-order valence-electron chi connectivity index (χ2n) is 5.87. The number of allylic oxidation sites excluding steroid dienone is 1. The van der Waals surface area contributed by atoms with Crippen LogP contribution in [-0.2, 0) is 4.79 Å². The number of anilines is 1. The number of aryl methyl sites for hydroxylation is 1. The van der Waals surface area contributed by atoms with E-state index in [0.717, 1.165) is 16.8 Å². The van der Waals surface area contributed by atoms with Crippen LogP contribution in [0.15, 0.2) is 72.0 Å². The van der Waals surface area contributed by atoms with Crippen LogP contribution in [0.4, 0.5) is 5.69 Å². The molecule has 1 aliphatic rings. The van der Waals surface area contributed by atoms with Gasteiger partial charge in [0.05, 0.1) is 11.6 Å². The fourth-order valence-corrected chi connectivity index (χ4v) is 2.91. The zero-order valence-corrected chi connectivity index (χ0v) is 14.3. The van der Waals surface area contributed by atoms with E-state index in [1.165, 1.54) is 6.92 Å². The van der Waals surface area contributed by atoms with Crippen molar-refractivity contribution in [2.24, 2.45) is 0 Å². The van der Waals surface area contributed by atoms with E-state index in [1.54, 1.807) is 11.0 Å². The number of hydrogen-bond acceptors (Lipinski definition) is 2. The molecule has 0 spiro atoms. The Morgan fingerprint density at radius 1 is 1.08 bits per heavy atom. The summed E-state index contributed by atoms with van der Waals surface area (Å²) in [5.74, 6) is -0.204. The van der Waals surface area contributed by atoms with Crippen LogP contribution in [0, 0.1) is 6.92 Å². The molecular weight excluding hydrogens is 322 g/mol. The van der Waals surface area contributed by atoms with Crippen molar-refractivity contribution < 1.29 is 9.90 Å². The molecule has 4 heteroatoms. The first-order valence-corrected chi connectivity index (χ1v) is 8.09. The highest BCUT2D eigenvalue weighted by molar-refractivity contribution is 6.30. The standard InChI is InChI=1S/C20H18ClNO2/c1-13-3-9-17(10-4-13)22-19(15-5-7-16(21)8-6-15)12-11-18(14(2)23)20(22)24/h3-12,19,23H,1-2H3/b18-14-. The highest BCUT2D eigenvalue weighted by Gasteiger charge is 2.31. The van der Waals surface area contributed by atoms with Gasteiger partial charge in [0.25, 0.3) is 5.91 Å². The van der Waals surface area contributed by atoms with Crippen LogP contribution in [0.1, 0.15) is 24.1 Å². The summed E-state index contributed by atoms with van der Waals surface area (Å²) in [7, 11) is 0. The molecule has 1 amide bonds. The molecule has 1 aliphatic heterocycles. The van der Waals surface area contributed by atoms with Crippen LogP contribution in [0.3, 0.4) is 0 Å². The van der Waals surface area contributed by atoms with Gasteiger partial charge in [-0.25, -0.2) is 0 Å². The van der Waals surface area contributed by atoms with Gasteiger partial charge < -0.3 is 5.11 Å². The van der Waals surface area contributed by atoms with E-state index in [4.69, 9.17) is 11.6 Å². The molecule has 3 nitrogen and oxygen atoms in total. The zero-order valence-electron chi connectivity index (χ0n) is 13.5. The Kier molecular flexibility index (Phi) is 4.45. The van der Waals surface area contributed by atoms with E-state index < -0.39 is 0 Å². The lowest BCUT2D eigenvalue weighted by atomic mass is 9.97. The zero-order chi connectivity index (χ0) is 17.3. The van der Waals surface area contributed by atoms with Crippen molar-refractivity contribution in [2.45, 2.75) is 19.9 Å². The number of amides is 1. The lowest BCUT2D eigenvalue weighted by molar-refractivity contribution is -0.115. The predicted molar refractivity (Wildman–Crippen MR) is 97.3 cm³/mol. The van der Waals surface area contributed by atoms with Crippen LogP contribution in [-0.4, -0.2) is 11.0 Å². The van der Waals surface area contributed by atoms with Crippen LogP contribution < -0.4 is 4.90 Å². The Balaban J connectivity index is 2.12. The van der Waals surface area contributed by atoms with Gasteiger partial charge in [0.2, 0.25) is 0 Å². The number of halogens is 1. The van der Waals surface area contributed by atoms with Gasteiger partial charge in [-0.3, -0.25) is 9.69 Å². The quantitative estimate of drug-likeness (QED) is 0.609. The molecule has 1 heterocycles. The average Bonchev–Trinajstić information content (AvgIpc) is 2.56. The summed E-state index contributed by atoms with van der Waals surface area (Å²) in [6, 6.07) is 15.0. The second kappa shape index (κ2) is 6.54. The Labute approximate surface area is 146 Å². The fraction of sp³-hybridized carbons (Fsp3) is 0.150. The first-order valence-electron chi connectivity index (χ1n) is 7.71. The molecule has 2 aromatic rings. The third-order valence-corrected chi connectivity index (χ3v) is 4.34. The van der Waals surface area contributed by atoms with Crippen LogP contribution in [0.25, 0.3) is 0 Å². The van der Waals surface area contributed by atoms with Crippen molar-refractivity contribution in [1.29, 1.82) is 0 Å². The molecule has 3 rings (SSSR count). The first kappa shape index (κ1) is 16.3. The maximum Gasteiger partial charge on any atom is 0.262 e. The monoisotopic (exact) mass is 339 g/mol. The Hall–Kier alpha value is -2.52. The predicted octanol–water partition coefficient (Wildman–Crippen LogP) is 5.12. The molecule has 1 N–H and O–H groups in total. The minimum Gasteiger partial charge on any atom is -0.512 e. The summed E-state index contributed by atoms with van der Waals surface area (Å²) in [6.07, 6.45) is 3.60. The lowest BCUT2D eigenvalue weighted by Gasteiger charge is -2.34. The van der Waals surface area contributed by atoms with E-state index in [-0.39, 0.29) is 17.7 Å². The molecule has 0 bridgehead atoms.